The largest absolute Gasteiger partial charge is 0.544 e. The predicted molar refractivity (Wildman–Crippen MR) is 82.1 cm³/mol. The van der Waals surface area contributed by atoms with Crippen LogP contribution in [0.5, 0.6) is 0 Å². The standard InChI is InChI=1S/C13H11ClO4S3/c1-7-10(12(15)16)20-13(19-2)11(7)21(17,18)9-5-3-8(14)4-6-9/h3-6H,1-2H3,(H,15,16)/p-1. The first kappa shape index (κ1) is 16.4. The van der Waals surface area contributed by atoms with Crippen LogP contribution in [0.3, 0.4) is 0 Å². The molecule has 0 fully saturated rings. The lowest BCUT2D eigenvalue weighted by molar-refractivity contribution is -0.254. The molecule has 0 bridgehead atoms. The number of sulfone groups is 1. The number of aromatic carboxylic acids is 1. The van der Waals surface area contributed by atoms with Gasteiger partial charge in [-0.1, -0.05) is 11.6 Å². The number of thiophene rings is 1. The van der Waals surface area contributed by atoms with E-state index in [-0.39, 0.29) is 20.2 Å². The molecule has 2 rings (SSSR count). The molecular weight excluding hydrogens is 352 g/mol. The molecule has 1 aromatic heterocycles. The first-order valence-electron chi connectivity index (χ1n) is 5.68. The lowest BCUT2D eigenvalue weighted by atomic mass is 10.3. The average Bonchev–Trinajstić information content (AvgIpc) is 2.77. The van der Waals surface area contributed by atoms with Gasteiger partial charge < -0.3 is 9.90 Å². The van der Waals surface area contributed by atoms with Crippen LogP contribution in [0.2, 0.25) is 5.02 Å². The van der Waals surface area contributed by atoms with Gasteiger partial charge in [-0.2, -0.15) is 0 Å². The molecule has 112 valence electrons. The van der Waals surface area contributed by atoms with Crippen molar-refractivity contribution in [3.05, 3.63) is 39.7 Å². The van der Waals surface area contributed by atoms with Crippen LogP contribution in [0.1, 0.15) is 15.2 Å². The Kier molecular flexibility index (Phi) is 4.67. The summed E-state index contributed by atoms with van der Waals surface area (Å²) < 4.78 is 25.9. The fourth-order valence-corrected chi connectivity index (χ4v) is 6.21. The molecule has 0 aliphatic carbocycles. The highest BCUT2D eigenvalue weighted by Gasteiger charge is 2.28. The number of thioether (sulfide) groups is 1. The normalized spacial score (nSPS) is 11.6. The van der Waals surface area contributed by atoms with Crippen LogP contribution in [-0.2, 0) is 9.84 Å². The maximum atomic E-state index is 12.7. The molecule has 0 aliphatic rings. The number of carbonyl (C=O) groups is 1. The number of carbonyl (C=O) groups excluding carboxylic acids is 1. The van der Waals surface area contributed by atoms with Crippen LogP contribution in [0.15, 0.2) is 38.3 Å². The molecule has 1 heterocycles. The van der Waals surface area contributed by atoms with Crippen molar-refractivity contribution in [1.82, 2.24) is 0 Å². The van der Waals surface area contributed by atoms with Gasteiger partial charge in [0.2, 0.25) is 9.84 Å². The first-order valence-corrected chi connectivity index (χ1v) is 9.58. The molecule has 0 amide bonds. The zero-order chi connectivity index (χ0) is 15.8. The second-order valence-electron chi connectivity index (χ2n) is 4.12. The van der Waals surface area contributed by atoms with Crippen molar-refractivity contribution in [3.63, 3.8) is 0 Å². The lowest BCUT2D eigenvalue weighted by Gasteiger charge is -2.07. The van der Waals surface area contributed by atoms with E-state index < -0.39 is 15.8 Å². The van der Waals surface area contributed by atoms with Gasteiger partial charge in [0.25, 0.3) is 0 Å². The van der Waals surface area contributed by atoms with E-state index in [1.807, 2.05) is 0 Å². The van der Waals surface area contributed by atoms with Crippen molar-refractivity contribution in [2.75, 3.05) is 6.26 Å². The molecule has 0 atom stereocenters. The maximum Gasteiger partial charge on any atom is 0.208 e. The van der Waals surface area contributed by atoms with Gasteiger partial charge in [0.15, 0.2) is 0 Å². The summed E-state index contributed by atoms with van der Waals surface area (Å²) in [4.78, 5) is 11.1. The summed E-state index contributed by atoms with van der Waals surface area (Å²) in [6.45, 7) is 1.48. The van der Waals surface area contributed by atoms with E-state index in [1.54, 1.807) is 6.26 Å². The Morgan fingerprint density at radius 3 is 2.33 bits per heavy atom. The number of carboxylic acids is 1. The second-order valence-corrected chi connectivity index (χ2v) is 8.54. The fourth-order valence-electron chi connectivity index (χ4n) is 1.84. The fraction of sp³-hybridized carbons (Fsp3) is 0.154. The third-order valence-corrected chi connectivity index (χ3v) is 7.67. The maximum absolute atomic E-state index is 12.7. The molecular formula is C13H10ClO4S3-. The monoisotopic (exact) mass is 361 g/mol. The minimum absolute atomic E-state index is 0.0292. The Hall–Kier alpha value is -1.02. The average molecular weight is 362 g/mol. The van der Waals surface area contributed by atoms with Crippen molar-refractivity contribution in [2.24, 2.45) is 0 Å². The summed E-state index contributed by atoms with van der Waals surface area (Å²) in [5.74, 6) is -1.37. The molecule has 0 spiro atoms. The Balaban J connectivity index is 2.70. The van der Waals surface area contributed by atoms with Crippen LogP contribution < -0.4 is 5.11 Å². The second kappa shape index (κ2) is 6.00. The highest BCUT2D eigenvalue weighted by atomic mass is 35.5. The quantitative estimate of drug-likeness (QED) is 0.782. The Labute approximate surface area is 135 Å². The molecule has 0 N–H and O–H groups in total. The van der Waals surface area contributed by atoms with Crippen molar-refractivity contribution >= 4 is 50.5 Å². The minimum Gasteiger partial charge on any atom is -0.544 e. The number of halogens is 1. The Morgan fingerprint density at radius 2 is 1.86 bits per heavy atom. The summed E-state index contributed by atoms with van der Waals surface area (Å²) >= 11 is 7.87. The van der Waals surface area contributed by atoms with Crippen molar-refractivity contribution < 1.29 is 18.3 Å². The summed E-state index contributed by atoms with van der Waals surface area (Å²) in [5, 5.41) is 11.5. The van der Waals surface area contributed by atoms with Crippen LogP contribution in [0, 0.1) is 6.92 Å². The number of hydrogen-bond acceptors (Lipinski definition) is 6. The van der Waals surface area contributed by atoms with Gasteiger partial charge in [-0.25, -0.2) is 8.42 Å². The molecule has 0 unspecified atom stereocenters. The van der Waals surface area contributed by atoms with Gasteiger partial charge in [0.05, 0.1) is 24.8 Å². The van der Waals surface area contributed by atoms with E-state index in [0.29, 0.717) is 9.23 Å². The Morgan fingerprint density at radius 1 is 1.29 bits per heavy atom. The highest BCUT2D eigenvalue weighted by Crippen LogP contribution is 2.40. The van der Waals surface area contributed by atoms with Gasteiger partial charge in [-0.15, -0.1) is 23.1 Å². The molecule has 0 aliphatic heterocycles. The highest BCUT2D eigenvalue weighted by molar-refractivity contribution is 8.01. The van der Waals surface area contributed by atoms with Crippen LogP contribution in [0.25, 0.3) is 0 Å². The van der Waals surface area contributed by atoms with E-state index in [9.17, 15) is 18.3 Å². The smallest absolute Gasteiger partial charge is 0.208 e. The number of carboxylic acid groups (broad SMARTS) is 1. The van der Waals surface area contributed by atoms with Crippen molar-refractivity contribution in [2.45, 2.75) is 20.9 Å². The van der Waals surface area contributed by atoms with Crippen LogP contribution >= 0.6 is 34.7 Å². The molecule has 0 saturated heterocycles. The zero-order valence-electron chi connectivity index (χ0n) is 11.0. The first-order chi connectivity index (χ1) is 9.78. The van der Waals surface area contributed by atoms with Crippen molar-refractivity contribution in [3.8, 4) is 0 Å². The predicted octanol–water partition coefficient (Wildman–Crippen LogP) is 2.63. The van der Waals surface area contributed by atoms with E-state index in [2.05, 4.69) is 0 Å². The molecule has 4 nitrogen and oxygen atoms in total. The van der Waals surface area contributed by atoms with Gasteiger partial charge in [-0.05, 0) is 43.0 Å². The zero-order valence-corrected chi connectivity index (χ0v) is 14.3. The van der Waals surface area contributed by atoms with E-state index in [1.165, 1.54) is 43.0 Å². The minimum atomic E-state index is -3.80. The summed E-state index contributed by atoms with van der Waals surface area (Å²) in [7, 11) is -3.80. The Bertz CT molecular complexity index is 792. The SMILES string of the molecule is CSc1sc(C(=O)[O-])c(C)c1S(=O)(=O)c1ccc(Cl)cc1. The third kappa shape index (κ3) is 2.96. The number of hydrogen-bond donors (Lipinski definition) is 0. The lowest BCUT2D eigenvalue weighted by Crippen LogP contribution is -2.22. The van der Waals surface area contributed by atoms with E-state index >= 15 is 0 Å². The topological polar surface area (TPSA) is 74.3 Å². The van der Waals surface area contributed by atoms with E-state index in [0.717, 1.165) is 11.3 Å². The molecule has 21 heavy (non-hydrogen) atoms. The number of rotatable bonds is 4. The van der Waals surface area contributed by atoms with Crippen molar-refractivity contribution in [1.29, 1.82) is 0 Å². The van der Waals surface area contributed by atoms with Gasteiger partial charge >= 0.3 is 0 Å². The van der Waals surface area contributed by atoms with Gasteiger partial charge in [-0.3, -0.25) is 0 Å². The molecule has 8 heteroatoms. The van der Waals surface area contributed by atoms with Gasteiger partial charge in [0.1, 0.15) is 0 Å². The van der Waals surface area contributed by atoms with Crippen LogP contribution in [-0.4, -0.2) is 20.6 Å². The van der Waals surface area contributed by atoms with Gasteiger partial charge in [0, 0.05) is 5.02 Å². The van der Waals surface area contributed by atoms with E-state index in [4.69, 9.17) is 11.6 Å². The third-order valence-electron chi connectivity index (χ3n) is 2.82. The summed E-state index contributed by atoms with van der Waals surface area (Å²) in [6, 6.07) is 5.76. The number of benzene rings is 1. The molecule has 0 saturated carbocycles. The molecule has 0 radical (unpaired) electrons. The molecule has 2 aromatic rings. The summed E-state index contributed by atoms with van der Waals surface area (Å²) in [5.41, 5.74) is 0.208. The molecule has 1 aromatic carbocycles. The van der Waals surface area contributed by atoms with Crippen LogP contribution in [0.4, 0.5) is 0 Å². The summed E-state index contributed by atoms with van der Waals surface area (Å²) in [6.07, 6.45) is 1.70.